The molecule has 3 heterocycles. The van der Waals surface area contributed by atoms with E-state index in [0.717, 1.165) is 28.8 Å². The van der Waals surface area contributed by atoms with Crippen LogP contribution in [-0.4, -0.2) is 55.2 Å². The smallest absolute Gasteiger partial charge is 0.204 e. The average molecular weight is 489 g/mol. The number of nitrogens with zero attached hydrogens (tertiary/aromatic N) is 3. The molecule has 168 valence electrons. The molecule has 0 aromatic carbocycles. The fourth-order valence-electron chi connectivity index (χ4n) is 4.42. The van der Waals surface area contributed by atoms with E-state index in [0.29, 0.717) is 29.5 Å². The highest BCUT2D eigenvalue weighted by Crippen LogP contribution is 2.33. The van der Waals surface area contributed by atoms with Gasteiger partial charge in [-0.15, -0.1) is 0 Å². The quantitative estimate of drug-likeness (QED) is 0.560. The molecular formula is C23H33BrN6O. The molecule has 0 radical (unpaired) electrons. The summed E-state index contributed by atoms with van der Waals surface area (Å²) in [5.41, 5.74) is 0.637. The third-order valence-corrected chi connectivity index (χ3v) is 6.86. The summed E-state index contributed by atoms with van der Waals surface area (Å²) in [5.74, 6) is 1.15. The highest BCUT2D eigenvalue weighted by molar-refractivity contribution is 9.10. The molecule has 31 heavy (non-hydrogen) atoms. The number of hydrogen-bond acceptors (Lipinski definition) is 7. The maximum Gasteiger partial charge on any atom is 0.204 e. The third kappa shape index (κ3) is 6.22. The number of furan rings is 1. The van der Waals surface area contributed by atoms with Crippen LogP contribution in [0.2, 0.25) is 0 Å². The SMILES string of the molecule is C=CNC1CC(CNC)N(C)C1.N#Cc1cc2c(Br)c(NC3CCCCC3)ncc2o1. The number of halogens is 1. The van der Waals surface area contributed by atoms with Crippen LogP contribution in [0.15, 0.2) is 33.9 Å². The predicted octanol–water partition coefficient (Wildman–Crippen LogP) is 4.22. The maximum absolute atomic E-state index is 8.86. The zero-order valence-corrected chi connectivity index (χ0v) is 20.0. The largest absolute Gasteiger partial charge is 0.444 e. The molecule has 2 aliphatic rings. The summed E-state index contributed by atoms with van der Waals surface area (Å²) in [6.45, 7) is 5.87. The van der Waals surface area contributed by atoms with E-state index in [-0.39, 0.29) is 0 Å². The molecule has 1 saturated heterocycles. The molecule has 2 aromatic rings. The number of rotatable bonds is 6. The van der Waals surface area contributed by atoms with Crippen molar-refractivity contribution in [1.29, 1.82) is 5.26 Å². The zero-order chi connectivity index (χ0) is 22.2. The molecule has 0 spiro atoms. The van der Waals surface area contributed by atoms with E-state index < -0.39 is 0 Å². The molecule has 0 amide bonds. The first-order valence-electron chi connectivity index (χ1n) is 11.0. The van der Waals surface area contributed by atoms with Crippen molar-refractivity contribution in [1.82, 2.24) is 20.5 Å². The van der Waals surface area contributed by atoms with Crippen LogP contribution in [0.3, 0.4) is 0 Å². The summed E-state index contributed by atoms with van der Waals surface area (Å²) >= 11 is 3.56. The molecule has 1 aliphatic heterocycles. The fourth-order valence-corrected chi connectivity index (χ4v) is 4.94. The van der Waals surface area contributed by atoms with Crippen molar-refractivity contribution in [2.45, 2.75) is 56.7 Å². The Bertz CT molecular complexity index is 901. The van der Waals surface area contributed by atoms with E-state index in [4.69, 9.17) is 9.68 Å². The lowest BCUT2D eigenvalue weighted by Gasteiger charge is -2.23. The number of anilines is 1. The van der Waals surface area contributed by atoms with Gasteiger partial charge in [-0.2, -0.15) is 5.26 Å². The van der Waals surface area contributed by atoms with Crippen LogP contribution in [0.25, 0.3) is 11.0 Å². The number of nitrogens with one attached hydrogen (secondary N) is 3. The molecule has 2 unspecified atom stereocenters. The van der Waals surface area contributed by atoms with Crippen LogP contribution in [0.4, 0.5) is 5.82 Å². The zero-order valence-electron chi connectivity index (χ0n) is 18.5. The van der Waals surface area contributed by atoms with Crippen LogP contribution in [0.5, 0.6) is 0 Å². The minimum Gasteiger partial charge on any atom is -0.444 e. The molecule has 2 atom stereocenters. The molecule has 0 bridgehead atoms. The number of aromatic nitrogens is 1. The number of fused-ring (bicyclic) bond motifs is 1. The van der Waals surface area contributed by atoms with Gasteiger partial charge in [0, 0.05) is 42.7 Å². The van der Waals surface area contributed by atoms with Gasteiger partial charge in [0.2, 0.25) is 5.76 Å². The predicted molar refractivity (Wildman–Crippen MR) is 129 cm³/mol. The molecule has 8 heteroatoms. The first kappa shape index (κ1) is 23.6. The minimum atomic E-state index is 0.312. The number of hydrogen-bond donors (Lipinski definition) is 3. The van der Waals surface area contributed by atoms with Gasteiger partial charge in [0.15, 0.2) is 5.58 Å². The van der Waals surface area contributed by atoms with Crippen LogP contribution < -0.4 is 16.0 Å². The molecule has 2 aromatic heterocycles. The van der Waals surface area contributed by atoms with Crippen LogP contribution >= 0.6 is 15.9 Å². The Morgan fingerprint density at radius 1 is 1.35 bits per heavy atom. The number of nitriles is 1. The number of pyridine rings is 1. The molecule has 4 rings (SSSR count). The Labute approximate surface area is 193 Å². The van der Waals surface area contributed by atoms with Crippen molar-refractivity contribution in [3.05, 3.63) is 35.3 Å². The third-order valence-electron chi connectivity index (χ3n) is 6.05. The fraction of sp³-hybridized carbons (Fsp3) is 0.565. The Kier molecular flexibility index (Phi) is 8.76. The van der Waals surface area contributed by atoms with Crippen molar-refractivity contribution in [2.75, 3.05) is 32.5 Å². The summed E-state index contributed by atoms with van der Waals surface area (Å²) in [5, 5.41) is 19.7. The van der Waals surface area contributed by atoms with Gasteiger partial charge >= 0.3 is 0 Å². The van der Waals surface area contributed by atoms with Crippen LogP contribution in [-0.2, 0) is 0 Å². The summed E-state index contributed by atoms with van der Waals surface area (Å²) in [4.78, 5) is 6.77. The van der Waals surface area contributed by atoms with Gasteiger partial charge in [-0.25, -0.2) is 4.98 Å². The highest BCUT2D eigenvalue weighted by Gasteiger charge is 2.27. The van der Waals surface area contributed by atoms with Gasteiger partial charge in [-0.1, -0.05) is 25.8 Å². The molecule has 7 nitrogen and oxygen atoms in total. The summed E-state index contributed by atoms with van der Waals surface area (Å²) < 4.78 is 6.24. The first-order chi connectivity index (χ1) is 15.0. The van der Waals surface area contributed by atoms with Gasteiger partial charge in [0.1, 0.15) is 11.9 Å². The Hall–Kier alpha value is -2.08. The Balaban J connectivity index is 0.000000196. The number of likely N-dealkylation sites (tertiary alicyclic amines) is 1. The second-order valence-electron chi connectivity index (χ2n) is 8.35. The molecular weight excluding hydrogens is 456 g/mol. The second-order valence-corrected chi connectivity index (χ2v) is 9.15. The normalized spacial score (nSPS) is 21.9. The number of likely N-dealkylation sites (N-methyl/N-ethyl adjacent to an activating group) is 2. The summed E-state index contributed by atoms with van der Waals surface area (Å²) in [6, 6.07) is 5.51. The lowest BCUT2D eigenvalue weighted by Crippen LogP contribution is -2.33. The van der Waals surface area contributed by atoms with Gasteiger partial charge < -0.3 is 25.3 Å². The molecule has 1 aliphatic carbocycles. The lowest BCUT2D eigenvalue weighted by atomic mass is 9.95. The van der Waals surface area contributed by atoms with E-state index >= 15 is 0 Å². The van der Waals surface area contributed by atoms with E-state index in [1.165, 1.54) is 38.5 Å². The first-order valence-corrected chi connectivity index (χ1v) is 11.8. The van der Waals surface area contributed by atoms with Gasteiger partial charge in [-0.05, 0) is 55.5 Å². The van der Waals surface area contributed by atoms with E-state index in [1.807, 2.05) is 13.1 Å². The minimum absolute atomic E-state index is 0.312. The lowest BCUT2D eigenvalue weighted by molar-refractivity contribution is 0.304. The maximum atomic E-state index is 8.86. The second kappa shape index (κ2) is 11.5. The van der Waals surface area contributed by atoms with Crippen LogP contribution in [0.1, 0.15) is 44.3 Å². The van der Waals surface area contributed by atoms with Crippen molar-refractivity contribution in [3.63, 3.8) is 0 Å². The summed E-state index contributed by atoms with van der Waals surface area (Å²) in [7, 11) is 4.18. The van der Waals surface area contributed by atoms with Crippen molar-refractivity contribution in [3.8, 4) is 6.07 Å². The average Bonchev–Trinajstić information content (AvgIpc) is 3.36. The Morgan fingerprint density at radius 2 is 2.13 bits per heavy atom. The van der Waals surface area contributed by atoms with E-state index in [9.17, 15) is 0 Å². The molecule has 3 N–H and O–H groups in total. The molecule has 1 saturated carbocycles. The Morgan fingerprint density at radius 3 is 2.81 bits per heavy atom. The summed E-state index contributed by atoms with van der Waals surface area (Å²) in [6.07, 6.45) is 11.0. The van der Waals surface area contributed by atoms with Crippen molar-refractivity contribution >= 4 is 32.7 Å². The monoisotopic (exact) mass is 488 g/mol. The van der Waals surface area contributed by atoms with Gasteiger partial charge in [-0.3, -0.25) is 0 Å². The van der Waals surface area contributed by atoms with Crippen molar-refractivity contribution in [2.24, 2.45) is 0 Å². The van der Waals surface area contributed by atoms with E-state index in [1.54, 1.807) is 18.5 Å². The highest BCUT2D eigenvalue weighted by atomic mass is 79.9. The van der Waals surface area contributed by atoms with Crippen molar-refractivity contribution < 1.29 is 4.42 Å². The van der Waals surface area contributed by atoms with Crippen LogP contribution in [0, 0.1) is 11.3 Å². The molecule has 2 fully saturated rings. The van der Waals surface area contributed by atoms with Gasteiger partial charge in [0.25, 0.3) is 0 Å². The topological polar surface area (TPSA) is 89.1 Å². The van der Waals surface area contributed by atoms with Gasteiger partial charge in [0.05, 0.1) is 10.7 Å². The standard InChI is InChI=1S/C14H14BrN3O.C9H19N3/c15-13-11-6-10(7-16)19-12(11)8-17-14(13)18-9-4-2-1-3-5-9;1-4-11-8-5-9(6-10-2)12(3)7-8/h6,8-9H,1-5H2,(H,17,18);4,8-11H,1,5-7H2,2-3H3. The van der Waals surface area contributed by atoms with E-state index in [2.05, 4.69) is 55.4 Å².